The van der Waals surface area contributed by atoms with Gasteiger partial charge in [0.2, 0.25) is 0 Å². The van der Waals surface area contributed by atoms with Gasteiger partial charge in [-0.2, -0.15) is 0 Å². The van der Waals surface area contributed by atoms with Crippen LogP contribution in [0.2, 0.25) is 0 Å². The summed E-state index contributed by atoms with van der Waals surface area (Å²) in [5.41, 5.74) is 0. The topological polar surface area (TPSA) is 159 Å². The average Bonchev–Trinajstić information content (AvgIpc) is 3.06. The minimum Gasteiger partial charge on any atom is -0.449 e. The number of alkyl carbamates (subject to hydrolysis) is 2. The lowest BCUT2D eigenvalue weighted by molar-refractivity contribution is 0.122. The van der Waals surface area contributed by atoms with E-state index in [1.54, 1.807) is 0 Å². The lowest BCUT2D eigenvalue weighted by Crippen LogP contribution is -2.56. The van der Waals surface area contributed by atoms with E-state index >= 15 is 0 Å². The van der Waals surface area contributed by atoms with Crippen LogP contribution in [0.4, 0.5) is 19.2 Å². The first kappa shape index (κ1) is 42.1. The molecule has 12 heteroatoms. The van der Waals surface area contributed by atoms with E-state index in [-0.39, 0.29) is 36.3 Å². The van der Waals surface area contributed by atoms with Crippen LogP contribution in [0.5, 0.6) is 0 Å². The summed E-state index contributed by atoms with van der Waals surface area (Å²) >= 11 is 0. The van der Waals surface area contributed by atoms with Crippen molar-refractivity contribution < 1.29 is 28.7 Å². The maximum Gasteiger partial charge on any atom is 0.407 e. The molecule has 0 aliphatic heterocycles. The molecule has 0 heterocycles. The van der Waals surface area contributed by atoms with E-state index in [9.17, 15) is 19.2 Å². The minimum absolute atomic E-state index is 0.0935. The van der Waals surface area contributed by atoms with E-state index in [1.807, 2.05) is 0 Å². The normalized spacial score (nSPS) is 17.1. The third kappa shape index (κ3) is 23.1. The first-order chi connectivity index (χ1) is 22.8. The van der Waals surface area contributed by atoms with Crippen molar-refractivity contribution in [2.75, 3.05) is 39.4 Å². The van der Waals surface area contributed by atoms with Crippen molar-refractivity contribution >= 4 is 24.2 Å². The highest BCUT2D eigenvalue weighted by atomic mass is 16.6. The number of urea groups is 2. The van der Waals surface area contributed by atoms with Crippen molar-refractivity contribution in [2.24, 2.45) is 11.8 Å². The molecular weight excluding hydrogens is 600 g/mol. The van der Waals surface area contributed by atoms with Crippen molar-refractivity contribution in [2.45, 2.75) is 149 Å². The maximum absolute atomic E-state index is 12.5. The molecule has 274 valence electrons. The highest BCUT2D eigenvalue weighted by Gasteiger charge is 2.27. The van der Waals surface area contributed by atoms with Crippen LogP contribution in [-0.4, -0.2) is 75.7 Å². The molecule has 4 atom stereocenters. The smallest absolute Gasteiger partial charge is 0.407 e. The molecule has 6 N–H and O–H groups in total. The summed E-state index contributed by atoms with van der Waals surface area (Å²) in [6, 6.07) is -0.584. The number of ether oxygens (including phenoxy) is 2. The standard InChI is InChI=1S/C35H68N6O6/c1-5-8-19-29(7-3)27-47-35(45)39-25-18-12-10-16-23-37-33(43)41-31-21-14-13-20-30(31)40-32(42)36-22-15-9-11-17-24-38-34(44)46-26-28(4)6-2/h28-31H,5-27H2,1-4H3,(H,38,44)(H,39,45)(H2,36,40,42)(H2,37,41,43)/t28?,29?,30-,31-/m1/s1. The molecule has 0 spiro atoms. The fourth-order valence-corrected chi connectivity index (χ4v) is 5.44. The van der Waals surface area contributed by atoms with Gasteiger partial charge in [0, 0.05) is 26.2 Å². The fourth-order valence-electron chi connectivity index (χ4n) is 5.44. The van der Waals surface area contributed by atoms with Gasteiger partial charge in [0.25, 0.3) is 0 Å². The van der Waals surface area contributed by atoms with Crippen molar-refractivity contribution in [3.05, 3.63) is 0 Å². The third-order valence-electron chi connectivity index (χ3n) is 8.91. The zero-order chi connectivity index (χ0) is 34.5. The molecule has 47 heavy (non-hydrogen) atoms. The molecule has 1 aliphatic carbocycles. The monoisotopic (exact) mass is 669 g/mol. The van der Waals surface area contributed by atoms with Crippen molar-refractivity contribution in [3.8, 4) is 0 Å². The Balaban J connectivity index is 2.08. The SMILES string of the molecule is CCCCC(CC)COC(=O)NCCCCCCNC(=O)N[C@@H]1CCCC[C@H]1NC(=O)NCCCCCCNC(=O)OCC(C)CC. The van der Waals surface area contributed by atoms with Crippen LogP contribution in [-0.2, 0) is 9.47 Å². The van der Waals surface area contributed by atoms with Crippen molar-refractivity contribution in [3.63, 3.8) is 0 Å². The Morgan fingerprint density at radius 1 is 0.596 bits per heavy atom. The van der Waals surface area contributed by atoms with Gasteiger partial charge in [-0.05, 0) is 56.8 Å². The highest BCUT2D eigenvalue weighted by Crippen LogP contribution is 2.18. The van der Waals surface area contributed by atoms with Gasteiger partial charge >= 0.3 is 24.2 Å². The number of carbonyl (C=O) groups is 4. The second kappa shape index (κ2) is 28.1. The number of hydrogen-bond donors (Lipinski definition) is 6. The second-order valence-corrected chi connectivity index (χ2v) is 13.1. The fraction of sp³-hybridized carbons (Fsp3) is 0.886. The van der Waals surface area contributed by atoms with E-state index in [4.69, 9.17) is 9.47 Å². The Morgan fingerprint density at radius 3 is 1.47 bits per heavy atom. The van der Waals surface area contributed by atoms with E-state index in [1.165, 1.54) is 6.42 Å². The molecule has 1 fully saturated rings. The molecule has 1 saturated carbocycles. The Morgan fingerprint density at radius 2 is 1.04 bits per heavy atom. The van der Waals surface area contributed by atoms with Crippen LogP contribution in [0.25, 0.3) is 0 Å². The van der Waals surface area contributed by atoms with Gasteiger partial charge < -0.3 is 41.4 Å². The second-order valence-electron chi connectivity index (χ2n) is 13.1. The van der Waals surface area contributed by atoms with E-state index in [2.05, 4.69) is 59.6 Å². The highest BCUT2D eigenvalue weighted by molar-refractivity contribution is 5.76. The van der Waals surface area contributed by atoms with Gasteiger partial charge in [-0.25, -0.2) is 19.2 Å². The van der Waals surface area contributed by atoms with Gasteiger partial charge in [0.15, 0.2) is 0 Å². The Bertz CT molecular complexity index is 847. The summed E-state index contributed by atoms with van der Waals surface area (Å²) in [6.07, 6.45) is 15.8. The molecule has 0 radical (unpaired) electrons. The lowest BCUT2D eigenvalue weighted by atomic mass is 9.90. The zero-order valence-corrected chi connectivity index (χ0v) is 30.0. The molecule has 0 bridgehead atoms. The van der Waals surface area contributed by atoms with Gasteiger partial charge in [0.1, 0.15) is 0 Å². The zero-order valence-electron chi connectivity index (χ0n) is 30.0. The number of unbranched alkanes of at least 4 members (excludes halogenated alkanes) is 7. The van der Waals surface area contributed by atoms with Crippen LogP contribution >= 0.6 is 0 Å². The number of nitrogens with one attached hydrogen (secondary N) is 6. The van der Waals surface area contributed by atoms with E-state index in [0.29, 0.717) is 51.2 Å². The van der Waals surface area contributed by atoms with Crippen LogP contribution in [0.15, 0.2) is 0 Å². The summed E-state index contributed by atoms with van der Waals surface area (Å²) in [7, 11) is 0. The molecular formula is C35H68N6O6. The summed E-state index contributed by atoms with van der Waals surface area (Å²) in [6.45, 7) is 11.7. The minimum atomic E-state index is -0.355. The number of hydrogen-bond acceptors (Lipinski definition) is 6. The molecule has 6 amide bonds. The van der Waals surface area contributed by atoms with Gasteiger partial charge in [-0.15, -0.1) is 0 Å². The average molecular weight is 669 g/mol. The van der Waals surface area contributed by atoms with Crippen LogP contribution in [0, 0.1) is 11.8 Å². The Labute approximate surface area is 284 Å². The summed E-state index contributed by atoms with van der Waals surface area (Å²) in [5, 5.41) is 17.6. The maximum atomic E-state index is 12.5. The predicted octanol–water partition coefficient (Wildman–Crippen LogP) is 6.73. The molecule has 1 aliphatic rings. The number of rotatable bonds is 25. The molecule has 1 rings (SSSR count). The predicted molar refractivity (Wildman–Crippen MR) is 188 cm³/mol. The first-order valence-corrected chi connectivity index (χ1v) is 18.7. The Hall–Kier alpha value is -2.92. The summed E-state index contributed by atoms with van der Waals surface area (Å²) in [5.74, 6) is 0.812. The summed E-state index contributed by atoms with van der Waals surface area (Å²) in [4.78, 5) is 48.6. The summed E-state index contributed by atoms with van der Waals surface area (Å²) < 4.78 is 10.5. The van der Waals surface area contributed by atoms with E-state index in [0.717, 1.165) is 103 Å². The number of carbonyl (C=O) groups excluding carboxylic acids is 4. The molecule has 0 aromatic heterocycles. The first-order valence-electron chi connectivity index (χ1n) is 18.7. The Kier molecular flexibility index (Phi) is 25.2. The molecule has 2 unspecified atom stereocenters. The van der Waals surface area contributed by atoms with Crippen LogP contribution in [0.3, 0.4) is 0 Å². The molecule has 0 saturated heterocycles. The van der Waals surface area contributed by atoms with E-state index < -0.39 is 0 Å². The van der Waals surface area contributed by atoms with Crippen LogP contribution < -0.4 is 31.9 Å². The third-order valence-corrected chi connectivity index (χ3v) is 8.91. The van der Waals surface area contributed by atoms with Crippen molar-refractivity contribution in [1.82, 2.24) is 31.9 Å². The molecule has 0 aromatic rings. The van der Waals surface area contributed by atoms with Crippen molar-refractivity contribution in [1.29, 1.82) is 0 Å². The largest absolute Gasteiger partial charge is 0.449 e. The lowest BCUT2D eigenvalue weighted by Gasteiger charge is -2.32. The van der Waals surface area contributed by atoms with Crippen LogP contribution in [0.1, 0.15) is 137 Å². The van der Waals surface area contributed by atoms with Gasteiger partial charge in [0.05, 0.1) is 25.3 Å². The molecule has 0 aromatic carbocycles. The van der Waals surface area contributed by atoms with Gasteiger partial charge in [-0.1, -0.05) is 91.9 Å². The molecule has 12 nitrogen and oxygen atoms in total. The van der Waals surface area contributed by atoms with Gasteiger partial charge in [-0.3, -0.25) is 0 Å². The number of amides is 6. The quantitative estimate of drug-likeness (QED) is 0.0592.